The van der Waals surface area contributed by atoms with E-state index in [1.165, 1.54) is 0 Å². The predicted octanol–water partition coefficient (Wildman–Crippen LogP) is 3.42. The van der Waals surface area contributed by atoms with E-state index in [0.717, 1.165) is 24.3 Å². The molecule has 9 heteroatoms. The molecule has 1 heterocycles. The van der Waals surface area contributed by atoms with E-state index < -0.39 is 40.9 Å². The fraction of sp³-hybridized carbons (Fsp3) is 0.458. The molecule has 4 rings (SSSR count). The van der Waals surface area contributed by atoms with Crippen LogP contribution in [0.1, 0.15) is 30.4 Å². The minimum Gasteiger partial charge on any atom is -0.459 e. The summed E-state index contributed by atoms with van der Waals surface area (Å²) < 4.78 is 67.0. The van der Waals surface area contributed by atoms with Gasteiger partial charge in [0, 0.05) is 17.5 Å². The summed E-state index contributed by atoms with van der Waals surface area (Å²) in [5.41, 5.74) is -3.40. The van der Waals surface area contributed by atoms with E-state index in [9.17, 15) is 27.5 Å². The van der Waals surface area contributed by atoms with Crippen LogP contribution in [-0.4, -0.2) is 61.1 Å². The quantitative estimate of drug-likeness (QED) is 0.316. The number of hydrogen-bond donors (Lipinski definition) is 1. The van der Waals surface area contributed by atoms with E-state index in [4.69, 9.17) is 9.47 Å². The molecule has 1 N–H and O–H groups in total. The lowest BCUT2D eigenvalue weighted by atomic mass is 9.86. The maximum absolute atomic E-state index is 14.0. The maximum atomic E-state index is 14.0. The maximum Gasteiger partial charge on any atom is 0.347 e. The number of quaternary nitrogens is 1. The average molecular weight is 468 g/mol. The Labute approximate surface area is 189 Å². The molecule has 2 aromatic rings. The van der Waals surface area contributed by atoms with Gasteiger partial charge in [-0.05, 0) is 37.1 Å². The van der Waals surface area contributed by atoms with Crippen molar-refractivity contribution in [2.45, 2.75) is 49.2 Å². The SMILES string of the molecule is C[N+](C)(C)C1C[C@H](OC(=O)C(O)(c2ccc(F)c(F)c2)c2ccc(F)c(F)c2)CC[C@H]2OC12. The molecular weight excluding hydrogens is 442 g/mol. The number of halogens is 4. The molecule has 0 amide bonds. The van der Waals surface area contributed by atoms with Crippen LogP contribution in [0.15, 0.2) is 36.4 Å². The fourth-order valence-electron chi connectivity index (χ4n) is 4.54. The van der Waals surface area contributed by atoms with Crippen LogP contribution in [-0.2, 0) is 19.9 Å². The average Bonchev–Trinajstić information content (AvgIpc) is 3.52. The topological polar surface area (TPSA) is 59.1 Å². The van der Waals surface area contributed by atoms with Gasteiger partial charge < -0.3 is 19.1 Å². The molecule has 1 aliphatic heterocycles. The van der Waals surface area contributed by atoms with Gasteiger partial charge in [-0.3, -0.25) is 0 Å². The van der Waals surface area contributed by atoms with Crippen molar-refractivity contribution in [1.29, 1.82) is 0 Å². The zero-order valence-corrected chi connectivity index (χ0v) is 18.5. The molecule has 1 aliphatic carbocycles. The summed E-state index contributed by atoms with van der Waals surface area (Å²) in [7, 11) is 6.02. The number of benzene rings is 2. The van der Waals surface area contributed by atoms with Gasteiger partial charge in [0.1, 0.15) is 18.2 Å². The highest BCUT2D eigenvalue weighted by Gasteiger charge is 2.54. The highest BCUT2D eigenvalue weighted by Crippen LogP contribution is 2.41. The lowest BCUT2D eigenvalue weighted by molar-refractivity contribution is -0.897. The standard InChI is InChI=1S/C24H26F4NO4/c1-29(2,3)20-12-15(6-9-21-22(20)33-21)32-23(30)24(31,13-4-7-16(25)18(27)10-13)14-5-8-17(26)19(28)11-14/h4-5,7-8,10-11,15,20-22,31H,6,9,12H2,1-3H3/q+1/t15-,20?,21-,22?/m1/s1. The van der Waals surface area contributed by atoms with Crippen LogP contribution in [0.25, 0.3) is 0 Å². The molecule has 2 aromatic carbocycles. The van der Waals surface area contributed by atoms with E-state index in [1.54, 1.807) is 0 Å². The Kier molecular flexibility index (Phi) is 6.01. The number of aliphatic hydroxyl groups is 1. The second-order valence-electron chi connectivity index (χ2n) is 9.63. The summed E-state index contributed by atoms with van der Waals surface area (Å²) in [5, 5.41) is 11.5. The Balaban J connectivity index is 1.69. The highest BCUT2D eigenvalue weighted by molar-refractivity contribution is 5.85. The number of epoxide rings is 1. The summed E-state index contributed by atoms with van der Waals surface area (Å²) in [4.78, 5) is 13.3. The van der Waals surface area contributed by atoms with Crippen LogP contribution in [0, 0.1) is 23.3 Å². The molecule has 0 radical (unpaired) electrons. The van der Waals surface area contributed by atoms with E-state index in [-0.39, 0.29) is 29.4 Å². The van der Waals surface area contributed by atoms with Crippen molar-refractivity contribution < 1.29 is 41.4 Å². The van der Waals surface area contributed by atoms with Crippen LogP contribution >= 0.6 is 0 Å². The number of likely N-dealkylation sites (N-methyl/N-ethyl adjacent to an activating group) is 1. The molecule has 0 bridgehead atoms. The predicted molar refractivity (Wildman–Crippen MR) is 110 cm³/mol. The molecule has 178 valence electrons. The van der Waals surface area contributed by atoms with E-state index >= 15 is 0 Å². The molecule has 2 unspecified atom stereocenters. The molecule has 2 fully saturated rings. The normalized spacial score (nSPS) is 25.2. The van der Waals surface area contributed by atoms with Gasteiger partial charge in [-0.2, -0.15) is 0 Å². The Morgan fingerprint density at radius 3 is 2.00 bits per heavy atom. The molecular formula is C24H26F4NO4+. The monoisotopic (exact) mass is 468 g/mol. The first-order chi connectivity index (χ1) is 15.4. The fourth-order valence-corrected chi connectivity index (χ4v) is 4.54. The minimum absolute atomic E-state index is 0.0370. The molecule has 33 heavy (non-hydrogen) atoms. The number of carbonyl (C=O) groups is 1. The van der Waals surface area contributed by atoms with E-state index in [1.807, 2.05) is 21.1 Å². The number of carbonyl (C=O) groups excluding carboxylic acids is 1. The van der Waals surface area contributed by atoms with Crippen molar-refractivity contribution >= 4 is 5.97 Å². The summed E-state index contributed by atoms with van der Waals surface area (Å²) in [6, 6.07) is 4.82. The van der Waals surface area contributed by atoms with Crippen molar-refractivity contribution in [3.05, 3.63) is 70.8 Å². The van der Waals surface area contributed by atoms with Gasteiger partial charge in [-0.15, -0.1) is 0 Å². The van der Waals surface area contributed by atoms with Gasteiger partial charge in [0.25, 0.3) is 0 Å². The van der Waals surface area contributed by atoms with E-state index in [2.05, 4.69) is 0 Å². The lowest BCUT2D eigenvalue weighted by Gasteiger charge is -2.35. The Morgan fingerprint density at radius 1 is 0.970 bits per heavy atom. The molecule has 1 saturated heterocycles. The third-order valence-electron chi connectivity index (χ3n) is 6.52. The molecule has 0 aromatic heterocycles. The van der Waals surface area contributed by atoms with E-state index in [0.29, 0.717) is 35.9 Å². The van der Waals surface area contributed by atoms with Crippen molar-refractivity contribution in [3.63, 3.8) is 0 Å². The largest absolute Gasteiger partial charge is 0.459 e. The lowest BCUT2D eigenvalue weighted by Crippen LogP contribution is -2.50. The summed E-state index contributed by atoms with van der Waals surface area (Å²) >= 11 is 0. The van der Waals surface area contributed by atoms with Crippen molar-refractivity contribution in [1.82, 2.24) is 0 Å². The van der Waals surface area contributed by atoms with Gasteiger partial charge in [-0.1, -0.05) is 12.1 Å². The van der Waals surface area contributed by atoms with Gasteiger partial charge >= 0.3 is 5.97 Å². The van der Waals surface area contributed by atoms with Crippen LogP contribution in [0.2, 0.25) is 0 Å². The number of ether oxygens (including phenoxy) is 2. The van der Waals surface area contributed by atoms with Gasteiger partial charge in [0.2, 0.25) is 5.60 Å². The highest BCUT2D eigenvalue weighted by atomic mass is 19.2. The minimum atomic E-state index is -2.68. The second kappa shape index (κ2) is 8.38. The molecule has 1 saturated carbocycles. The number of esters is 1. The summed E-state index contributed by atoms with van der Waals surface area (Å²) in [5.74, 6) is -6.17. The Morgan fingerprint density at radius 2 is 1.52 bits per heavy atom. The second-order valence-corrected chi connectivity index (χ2v) is 9.63. The molecule has 2 aliphatic rings. The van der Waals surface area contributed by atoms with Gasteiger partial charge in [0.05, 0.1) is 27.2 Å². The van der Waals surface area contributed by atoms with Crippen LogP contribution in [0.5, 0.6) is 0 Å². The summed E-state index contributed by atoms with van der Waals surface area (Å²) in [6.07, 6.45) is 1.14. The smallest absolute Gasteiger partial charge is 0.347 e. The third kappa shape index (κ3) is 4.49. The first-order valence-electron chi connectivity index (χ1n) is 10.7. The van der Waals surface area contributed by atoms with Crippen LogP contribution in [0.4, 0.5) is 17.6 Å². The van der Waals surface area contributed by atoms with Gasteiger partial charge in [0.15, 0.2) is 23.3 Å². The molecule has 4 atom stereocenters. The van der Waals surface area contributed by atoms with Crippen LogP contribution in [0.3, 0.4) is 0 Å². The third-order valence-corrected chi connectivity index (χ3v) is 6.52. The zero-order valence-electron chi connectivity index (χ0n) is 18.5. The van der Waals surface area contributed by atoms with Crippen molar-refractivity contribution in [2.75, 3.05) is 21.1 Å². The van der Waals surface area contributed by atoms with Gasteiger partial charge in [-0.25, -0.2) is 22.4 Å². The first kappa shape index (κ1) is 23.7. The van der Waals surface area contributed by atoms with Crippen molar-refractivity contribution in [3.8, 4) is 0 Å². The zero-order chi connectivity index (χ0) is 24.1. The molecule has 5 nitrogen and oxygen atoms in total. The number of rotatable bonds is 5. The Hall–Kier alpha value is -2.49. The summed E-state index contributed by atoms with van der Waals surface area (Å²) in [6.45, 7) is 0. The Bertz CT molecular complexity index is 1020. The van der Waals surface area contributed by atoms with Crippen LogP contribution < -0.4 is 0 Å². The molecule has 0 spiro atoms. The van der Waals surface area contributed by atoms with Crippen molar-refractivity contribution in [2.24, 2.45) is 0 Å². The first-order valence-corrected chi connectivity index (χ1v) is 10.7. The number of nitrogens with zero attached hydrogens (tertiary/aromatic N) is 1. The number of hydrogen-bond acceptors (Lipinski definition) is 4. The number of fused-ring (bicyclic) bond motifs is 1.